The van der Waals surface area contributed by atoms with Gasteiger partial charge in [-0.05, 0) is 12.5 Å². The van der Waals surface area contributed by atoms with Gasteiger partial charge in [-0.3, -0.25) is 0 Å². The molecule has 15 heavy (non-hydrogen) atoms. The molecule has 3 nitrogen and oxygen atoms in total. The molecule has 78 valence electrons. The lowest BCUT2D eigenvalue weighted by Gasteiger charge is -2.08. The van der Waals surface area contributed by atoms with E-state index in [4.69, 9.17) is 5.11 Å². The highest BCUT2D eigenvalue weighted by Gasteiger charge is 2.06. The van der Waals surface area contributed by atoms with Crippen molar-refractivity contribution in [1.82, 2.24) is 9.55 Å². The highest BCUT2D eigenvalue weighted by molar-refractivity contribution is 5.60. The van der Waals surface area contributed by atoms with Crippen molar-refractivity contribution in [2.75, 3.05) is 6.61 Å². The van der Waals surface area contributed by atoms with E-state index in [-0.39, 0.29) is 6.61 Å². The van der Waals surface area contributed by atoms with Gasteiger partial charge in [0.25, 0.3) is 0 Å². The lowest BCUT2D eigenvalue weighted by atomic mass is 10.1. The maximum Gasteiger partial charge on any atom is 0.140 e. The Hall–Kier alpha value is -1.61. The van der Waals surface area contributed by atoms with Crippen LogP contribution in [0.15, 0.2) is 36.7 Å². The summed E-state index contributed by atoms with van der Waals surface area (Å²) in [6.45, 7) is 2.78. The summed E-state index contributed by atoms with van der Waals surface area (Å²) in [5.41, 5.74) is 2.32. The summed E-state index contributed by atoms with van der Waals surface area (Å²) in [6, 6.07) is 8.12. The van der Waals surface area contributed by atoms with Crippen LogP contribution in [-0.2, 0) is 6.54 Å². The van der Waals surface area contributed by atoms with Gasteiger partial charge in [-0.15, -0.1) is 0 Å². The molecular formula is C12H14N2O. The lowest BCUT2D eigenvalue weighted by molar-refractivity contribution is 0.276. The van der Waals surface area contributed by atoms with Gasteiger partial charge in [0, 0.05) is 24.5 Å². The molecule has 1 aromatic heterocycles. The number of aromatic nitrogens is 2. The minimum Gasteiger partial charge on any atom is -0.395 e. The lowest BCUT2D eigenvalue weighted by Crippen LogP contribution is -2.03. The summed E-state index contributed by atoms with van der Waals surface area (Å²) in [7, 11) is 0. The monoisotopic (exact) mass is 202 g/mol. The molecule has 0 radical (unpaired) electrons. The first-order valence-electron chi connectivity index (χ1n) is 5.01. The van der Waals surface area contributed by atoms with Gasteiger partial charge in [0.1, 0.15) is 5.82 Å². The van der Waals surface area contributed by atoms with Crippen molar-refractivity contribution in [3.63, 3.8) is 0 Å². The van der Waals surface area contributed by atoms with Crippen LogP contribution in [0.2, 0.25) is 0 Å². The van der Waals surface area contributed by atoms with E-state index in [0.29, 0.717) is 6.54 Å². The van der Waals surface area contributed by atoms with E-state index in [9.17, 15) is 0 Å². The summed E-state index contributed by atoms with van der Waals surface area (Å²) >= 11 is 0. The average molecular weight is 202 g/mol. The number of imidazole rings is 1. The van der Waals surface area contributed by atoms with E-state index in [1.54, 1.807) is 6.20 Å². The predicted molar refractivity (Wildman–Crippen MR) is 59.5 cm³/mol. The van der Waals surface area contributed by atoms with Crippen molar-refractivity contribution in [2.24, 2.45) is 0 Å². The van der Waals surface area contributed by atoms with Crippen LogP contribution in [0, 0.1) is 6.92 Å². The Morgan fingerprint density at radius 2 is 2.13 bits per heavy atom. The Morgan fingerprint density at radius 1 is 1.33 bits per heavy atom. The van der Waals surface area contributed by atoms with Crippen LogP contribution < -0.4 is 0 Å². The second kappa shape index (κ2) is 4.28. The summed E-state index contributed by atoms with van der Waals surface area (Å²) in [6.07, 6.45) is 3.65. The Bertz CT molecular complexity index is 448. The van der Waals surface area contributed by atoms with Crippen LogP contribution >= 0.6 is 0 Å². The Labute approximate surface area is 89.0 Å². The molecule has 1 heterocycles. The van der Waals surface area contributed by atoms with Gasteiger partial charge >= 0.3 is 0 Å². The molecule has 0 fully saturated rings. The van der Waals surface area contributed by atoms with Crippen molar-refractivity contribution in [3.05, 3.63) is 42.2 Å². The third-order valence-corrected chi connectivity index (χ3v) is 2.44. The second-order valence-electron chi connectivity index (χ2n) is 3.48. The normalized spacial score (nSPS) is 10.5. The highest BCUT2D eigenvalue weighted by atomic mass is 16.3. The fourth-order valence-corrected chi connectivity index (χ4v) is 1.67. The van der Waals surface area contributed by atoms with Crippen LogP contribution in [-0.4, -0.2) is 21.3 Å². The first kappa shape index (κ1) is 9.93. The third-order valence-electron chi connectivity index (χ3n) is 2.44. The van der Waals surface area contributed by atoms with Crippen molar-refractivity contribution >= 4 is 0 Å². The van der Waals surface area contributed by atoms with Gasteiger partial charge in [-0.1, -0.05) is 24.3 Å². The van der Waals surface area contributed by atoms with Crippen molar-refractivity contribution in [2.45, 2.75) is 13.5 Å². The highest BCUT2D eigenvalue weighted by Crippen LogP contribution is 2.20. The smallest absolute Gasteiger partial charge is 0.140 e. The second-order valence-corrected chi connectivity index (χ2v) is 3.48. The van der Waals surface area contributed by atoms with E-state index < -0.39 is 0 Å². The van der Waals surface area contributed by atoms with Gasteiger partial charge in [-0.2, -0.15) is 0 Å². The van der Waals surface area contributed by atoms with Crippen LogP contribution in [0.1, 0.15) is 5.56 Å². The maximum absolute atomic E-state index is 8.93. The SMILES string of the molecule is Cc1ccccc1-c1nccn1CCO. The number of rotatable bonds is 3. The summed E-state index contributed by atoms with van der Waals surface area (Å²) in [5.74, 6) is 0.919. The molecule has 1 N–H and O–H groups in total. The fraction of sp³-hybridized carbons (Fsp3) is 0.250. The molecule has 2 aromatic rings. The Morgan fingerprint density at radius 3 is 2.87 bits per heavy atom. The molecule has 0 amide bonds. The summed E-state index contributed by atoms with van der Waals surface area (Å²) < 4.78 is 1.96. The van der Waals surface area contributed by atoms with Crippen molar-refractivity contribution in [1.29, 1.82) is 0 Å². The number of benzene rings is 1. The molecule has 0 atom stereocenters. The molecule has 0 aliphatic rings. The number of nitrogens with zero attached hydrogens (tertiary/aromatic N) is 2. The van der Waals surface area contributed by atoms with Gasteiger partial charge < -0.3 is 9.67 Å². The number of aliphatic hydroxyl groups is 1. The van der Waals surface area contributed by atoms with E-state index >= 15 is 0 Å². The van der Waals surface area contributed by atoms with Crippen LogP contribution in [0.4, 0.5) is 0 Å². The van der Waals surface area contributed by atoms with Crippen molar-refractivity contribution < 1.29 is 5.11 Å². The van der Waals surface area contributed by atoms with E-state index in [1.165, 1.54) is 5.56 Å². The zero-order valence-electron chi connectivity index (χ0n) is 8.72. The number of aliphatic hydroxyl groups excluding tert-OH is 1. The summed E-state index contributed by atoms with van der Waals surface area (Å²) in [4.78, 5) is 4.32. The zero-order valence-corrected chi connectivity index (χ0v) is 8.72. The van der Waals surface area contributed by atoms with Gasteiger partial charge in [0.05, 0.1) is 6.61 Å². The largest absolute Gasteiger partial charge is 0.395 e. The van der Waals surface area contributed by atoms with Crippen LogP contribution in [0.3, 0.4) is 0 Å². The van der Waals surface area contributed by atoms with E-state index in [0.717, 1.165) is 11.4 Å². The molecule has 3 heteroatoms. The number of hydrogen-bond donors (Lipinski definition) is 1. The number of aryl methyl sites for hydroxylation is 1. The molecule has 0 aliphatic heterocycles. The minimum absolute atomic E-state index is 0.134. The van der Waals surface area contributed by atoms with Crippen molar-refractivity contribution in [3.8, 4) is 11.4 Å². The predicted octanol–water partition coefficient (Wildman–Crippen LogP) is 1.85. The molecule has 0 saturated carbocycles. The zero-order chi connectivity index (χ0) is 10.7. The molecule has 0 saturated heterocycles. The van der Waals surface area contributed by atoms with Crippen LogP contribution in [0.25, 0.3) is 11.4 Å². The molecule has 1 aromatic carbocycles. The standard InChI is InChI=1S/C12H14N2O/c1-10-4-2-3-5-11(10)12-13-6-7-14(12)8-9-15/h2-7,15H,8-9H2,1H3. The maximum atomic E-state index is 8.93. The van der Waals surface area contributed by atoms with Gasteiger partial charge in [-0.25, -0.2) is 4.98 Å². The molecule has 0 aliphatic carbocycles. The minimum atomic E-state index is 0.134. The quantitative estimate of drug-likeness (QED) is 0.824. The van der Waals surface area contributed by atoms with E-state index in [2.05, 4.69) is 18.0 Å². The molecule has 2 rings (SSSR count). The Balaban J connectivity index is 2.45. The first-order valence-corrected chi connectivity index (χ1v) is 5.01. The van der Waals surface area contributed by atoms with E-state index in [1.807, 2.05) is 29.0 Å². The molecule has 0 bridgehead atoms. The molecular weight excluding hydrogens is 188 g/mol. The fourth-order valence-electron chi connectivity index (χ4n) is 1.67. The first-order chi connectivity index (χ1) is 7.33. The van der Waals surface area contributed by atoms with Gasteiger partial charge in [0.2, 0.25) is 0 Å². The molecule has 0 unspecified atom stereocenters. The van der Waals surface area contributed by atoms with Crippen LogP contribution in [0.5, 0.6) is 0 Å². The van der Waals surface area contributed by atoms with Gasteiger partial charge in [0.15, 0.2) is 0 Å². The Kier molecular flexibility index (Phi) is 2.83. The number of hydrogen-bond acceptors (Lipinski definition) is 2. The topological polar surface area (TPSA) is 38.0 Å². The molecule has 0 spiro atoms. The summed E-state index contributed by atoms with van der Waals surface area (Å²) in [5, 5.41) is 8.93. The average Bonchev–Trinajstić information content (AvgIpc) is 2.67. The third kappa shape index (κ3) is 1.92.